The third kappa shape index (κ3) is 3.51. The Labute approximate surface area is 110 Å². The molecule has 5 nitrogen and oxygen atoms in total. The molecule has 0 aromatic heterocycles. The maximum Gasteiger partial charge on any atom is 0.241 e. The number of benzene rings is 1. The molecule has 1 aliphatic heterocycles. The first-order chi connectivity index (χ1) is 9.06. The Kier molecular flexibility index (Phi) is 4.11. The summed E-state index contributed by atoms with van der Waals surface area (Å²) < 4.78 is 13.4. The largest absolute Gasteiger partial charge is 0.325 e. The first kappa shape index (κ1) is 13.5. The van der Waals surface area contributed by atoms with Crippen molar-refractivity contribution in [3.8, 4) is 0 Å². The van der Waals surface area contributed by atoms with Crippen LogP contribution in [-0.4, -0.2) is 24.4 Å². The number of halogens is 1. The van der Waals surface area contributed by atoms with E-state index >= 15 is 0 Å². The van der Waals surface area contributed by atoms with E-state index in [9.17, 15) is 14.0 Å². The van der Waals surface area contributed by atoms with Crippen LogP contribution in [-0.2, 0) is 9.59 Å². The van der Waals surface area contributed by atoms with Crippen LogP contribution in [0.15, 0.2) is 18.2 Å². The molecule has 1 heterocycles. The summed E-state index contributed by atoms with van der Waals surface area (Å²) in [5.74, 6) is -1.04. The van der Waals surface area contributed by atoms with Crippen molar-refractivity contribution in [3.63, 3.8) is 0 Å². The summed E-state index contributed by atoms with van der Waals surface area (Å²) in [6, 6.07) is 3.88. The molecule has 1 atom stereocenters. The molecule has 2 amide bonds. The summed E-state index contributed by atoms with van der Waals surface area (Å²) in [6.07, 6.45) is 1.77. The van der Waals surface area contributed by atoms with E-state index < -0.39 is 5.82 Å². The van der Waals surface area contributed by atoms with E-state index in [0.29, 0.717) is 5.69 Å². The van der Waals surface area contributed by atoms with Gasteiger partial charge in [-0.2, -0.15) is 0 Å². The second-order valence-corrected chi connectivity index (χ2v) is 4.51. The highest BCUT2D eigenvalue weighted by molar-refractivity contribution is 5.96. The molecule has 1 aliphatic rings. The predicted octanol–water partition coefficient (Wildman–Crippen LogP) is 1.47. The Morgan fingerprint density at radius 1 is 1.37 bits per heavy atom. The maximum atomic E-state index is 13.4. The van der Waals surface area contributed by atoms with Crippen molar-refractivity contribution >= 4 is 23.2 Å². The highest BCUT2D eigenvalue weighted by Crippen LogP contribution is 2.20. The third-order valence-corrected chi connectivity index (χ3v) is 2.92. The van der Waals surface area contributed by atoms with Crippen molar-refractivity contribution in [3.05, 3.63) is 24.0 Å². The minimum Gasteiger partial charge on any atom is -0.325 e. The molecule has 1 unspecified atom stereocenters. The van der Waals surface area contributed by atoms with Gasteiger partial charge in [0.1, 0.15) is 5.82 Å². The molecule has 0 bridgehead atoms. The fourth-order valence-corrected chi connectivity index (χ4v) is 2.03. The molecule has 102 valence electrons. The van der Waals surface area contributed by atoms with Crippen molar-refractivity contribution in [2.24, 2.45) is 0 Å². The highest BCUT2D eigenvalue weighted by atomic mass is 19.1. The van der Waals surface area contributed by atoms with Gasteiger partial charge in [-0.1, -0.05) is 0 Å². The average molecular weight is 265 g/mol. The minimum absolute atomic E-state index is 0.0599. The van der Waals surface area contributed by atoms with Crippen molar-refractivity contribution < 1.29 is 14.0 Å². The van der Waals surface area contributed by atoms with Gasteiger partial charge in [0.05, 0.1) is 11.7 Å². The number of anilines is 2. The quantitative estimate of drug-likeness (QED) is 0.775. The van der Waals surface area contributed by atoms with Crippen molar-refractivity contribution in [1.29, 1.82) is 0 Å². The van der Waals surface area contributed by atoms with Crippen LogP contribution in [0.5, 0.6) is 0 Å². The Morgan fingerprint density at radius 2 is 2.16 bits per heavy atom. The van der Waals surface area contributed by atoms with Gasteiger partial charge in [0.15, 0.2) is 0 Å². The molecule has 6 heteroatoms. The number of rotatable bonds is 3. The Hall–Kier alpha value is -1.95. The molecule has 1 fully saturated rings. The Morgan fingerprint density at radius 3 is 2.79 bits per heavy atom. The van der Waals surface area contributed by atoms with Crippen LogP contribution in [0.1, 0.15) is 19.8 Å². The molecule has 0 spiro atoms. The third-order valence-electron chi connectivity index (χ3n) is 2.92. The van der Waals surface area contributed by atoms with Gasteiger partial charge in [0.25, 0.3) is 0 Å². The van der Waals surface area contributed by atoms with E-state index in [4.69, 9.17) is 0 Å². The normalized spacial score (nSPS) is 18.1. The van der Waals surface area contributed by atoms with Crippen LogP contribution in [0.4, 0.5) is 15.8 Å². The molecule has 19 heavy (non-hydrogen) atoms. The molecule has 3 N–H and O–H groups in total. The van der Waals surface area contributed by atoms with Crippen LogP contribution in [0, 0.1) is 5.82 Å². The Balaban J connectivity index is 2.07. The number of hydrogen-bond donors (Lipinski definition) is 3. The fourth-order valence-electron chi connectivity index (χ4n) is 2.03. The molecule has 0 saturated carbocycles. The molecular formula is C13H16FN3O2. The summed E-state index contributed by atoms with van der Waals surface area (Å²) in [4.78, 5) is 22.8. The zero-order valence-electron chi connectivity index (χ0n) is 10.6. The second-order valence-electron chi connectivity index (χ2n) is 4.51. The molecule has 1 saturated heterocycles. The topological polar surface area (TPSA) is 70.2 Å². The van der Waals surface area contributed by atoms with E-state index in [1.165, 1.54) is 25.1 Å². The molecule has 1 aromatic carbocycles. The van der Waals surface area contributed by atoms with E-state index in [2.05, 4.69) is 16.0 Å². The van der Waals surface area contributed by atoms with Crippen LogP contribution in [0.3, 0.4) is 0 Å². The lowest BCUT2D eigenvalue weighted by Gasteiger charge is -2.12. The van der Waals surface area contributed by atoms with Gasteiger partial charge in [-0.3, -0.25) is 9.59 Å². The first-order valence-corrected chi connectivity index (χ1v) is 6.17. The smallest absolute Gasteiger partial charge is 0.241 e. The van der Waals surface area contributed by atoms with Gasteiger partial charge in [-0.25, -0.2) is 4.39 Å². The molecule has 0 radical (unpaired) electrons. The monoisotopic (exact) mass is 265 g/mol. The van der Waals surface area contributed by atoms with Crippen molar-refractivity contribution in [2.45, 2.75) is 25.8 Å². The molecule has 2 rings (SSSR count). The van der Waals surface area contributed by atoms with Gasteiger partial charge >= 0.3 is 0 Å². The maximum absolute atomic E-state index is 13.4. The zero-order valence-corrected chi connectivity index (χ0v) is 10.6. The van der Waals surface area contributed by atoms with E-state index in [1.54, 1.807) is 0 Å². The standard InChI is InChI=1S/C13H16FN3O2/c1-8(18)16-12-7-9(4-5-10(12)14)17-13(19)11-3-2-6-15-11/h4-5,7,11,15H,2-3,6H2,1H3,(H,16,18)(H,17,19). The lowest BCUT2D eigenvalue weighted by molar-refractivity contribution is -0.117. The predicted molar refractivity (Wildman–Crippen MR) is 70.4 cm³/mol. The summed E-state index contributed by atoms with van der Waals surface area (Å²) >= 11 is 0. The minimum atomic E-state index is -0.535. The van der Waals surface area contributed by atoms with Crippen LogP contribution < -0.4 is 16.0 Å². The lowest BCUT2D eigenvalue weighted by Crippen LogP contribution is -2.35. The summed E-state index contributed by atoms with van der Waals surface area (Å²) in [6.45, 7) is 2.13. The van der Waals surface area contributed by atoms with Crippen molar-refractivity contribution in [1.82, 2.24) is 5.32 Å². The fraction of sp³-hybridized carbons (Fsp3) is 0.385. The molecule has 1 aromatic rings. The number of carbonyl (C=O) groups excluding carboxylic acids is 2. The van der Waals surface area contributed by atoms with Crippen LogP contribution in [0.2, 0.25) is 0 Å². The second kappa shape index (κ2) is 5.79. The number of hydrogen-bond acceptors (Lipinski definition) is 3. The zero-order chi connectivity index (χ0) is 13.8. The number of carbonyl (C=O) groups is 2. The average Bonchev–Trinajstić information content (AvgIpc) is 2.86. The van der Waals surface area contributed by atoms with E-state index in [1.807, 2.05) is 0 Å². The van der Waals surface area contributed by atoms with Gasteiger partial charge in [0.2, 0.25) is 11.8 Å². The number of amides is 2. The van der Waals surface area contributed by atoms with Gasteiger partial charge in [-0.05, 0) is 37.6 Å². The first-order valence-electron chi connectivity index (χ1n) is 6.17. The Bertz CT molecular complexity index is 499. The molecule has 0 aliphatic carbocycles. The SMILES string of the molecule is CC(=O)Nc1cc(NC(=O)C2CCCN2)ccc1F. The van der Waals surface area contributed by atoms with Crippen LogP contribution in [0.25, 0.3) is 0 Å². The van der Waals surface area contributed by atoms with Gasteiger partial charge in [-0.15, -0.1) is 0 Å². The highest BCUT2D eigenvalue weighted by Gasteiger charge is 2.22. The van der Waals surface area contributed by atoms with E-state index in [-0.39, 0.29) is 23.5 Å². The summed E-state index contributed by atoms with van der Waals surface area (Å²) in [5.41, 5.74) is 0.522. The van der Waals surface area contributed by atoms with E-state index in [0.717, 1.165) is 19.4 Å². The van der Waals surface area contributed by atoms with Crippen LogP contribution >= 0.6 is 0 Å². The lowest BCUT2D eigenvalue weighted by atomic mass is 10.2. The molecular weight excluding hydrogens is 249 g/mol. The summed E-state index contributed by atoms with van der Waals surface area (Å²) in [5, 5.41) is 8.16. The van der Waals surface area contributed by atoms with Gasteiger partial charge < -0.3 is 16.0 Å². The van der Waals surface area contributed by atoms with Gasteiger partial charge in [0, 0.05) is 12.6 Å². The number of nitrogens with one attached hydrogen (secondary N) is 3. The van der Waals surface area contributed by atoms with Crippen molar-refractivity contribution in [2.75, 3.05) is 17.2 Å². The summed E-state index contributed by atoms with van der Waals surface area (Å²) in [7, 11) is 0.